The zero-order chi connectivity index (χ0) is 21.5. The topological polar surface area (TPSA) is 77.5 Å². The Kier molecular flexibility index (Phi) is 4.69. The van der Waals surface area contributed by atoms with E-state index in [9.17, 15) is 4.79 Å². The maximum absolute atomic E-state index is 13.4. The molecule has 0 saturated carbocycles. The van der Waals surface area contributed by atoms with E-state index < -0.39 is 0 Å². The maximum atomic E-state index is 13.4. The Labute approximate surface area is 180 Å². The molecule has 0 N–H and O–H groups in total. The van der Waals surface area contributed by atoms with Crippen LogP contribution < -0.4 is 4.74 Å². The Morgan fingerprint density at radius 3 is 2.87 bits per heavy atom. The molecule has 4 heterocycles. The number of benzene rings is 1. The second kappa shape index (κ2) is 7.54. The van der Waals surface area contributed by atoms with Crippen molar-refractivity contribution >= 4 is 11.6 Å². The molecule has 1 atom stereocenters. The van der Waals surface area contributed by atoms with E-state index in [1.165, 1.54) is 0 Å². The summed E-state index contributed by atoms with van der Waals surface area (Å²) in [5.41, 5.74) is 4.97. The number of aryl methyl sites for hydroxylation is 1. The third kappa shape index (κ3) is 3.24. The summed E-state index contributed by atoms with van der Waals surface area (Å²) in [6.07, 6.45) is 5.43. The summed E-state index contributed by atoms with van der Waals surface area (Å²) in [7, 11) is 3.56. The van der Waals surface area contributed by atoms with Crippen LogP contribution in [0.2, 0.25) is 0 Å². The van der Waals surface area contributed by atoms with Crippen LogP contribution in [0.4, 0.5) is 0 Å². The fourth-order valence-electron chi connectivity index (χ4n) is 4.31. The molecule has 0 aliphatic carbocycles. The van der Waals surface area contributed by atoms with Crippen molar-refractivity contribution in [2.24, 2.45) is 7.05 Å². The Bertz CT molecular complexity index is 1270. The van der Waals surface area contributed by atoms with E-state index in [2.05, 4.69) is 15.2 Å². The van der Waals surface area contributed by atoms with Gasteiger partial charge in [0.15, 0.2) is 11.3 Å². The highest BCUT2D eigenvalue weighted by molar-refractivity contribution is 5.94. The highest BCUT2D eigenvalue weighted by atomic mass is 16.5. The molecular weight excluding hydrogens is 392 g/mol. The number of carbonyl (C=O) groups is 1. The molecule has 0 spiro atoms. The Morgan fingerprint density at radius 2 is 2.10 bits per heavy atom. The first-order valence-electron chi connectivity index (χ1n) is 10.4. The first-order valence-corrected chi connectivity index (χ1v) is 10.4. The molecular formula is C23H24N6O2. The summed E-state index contributed by atoms with van der Waals surface area (Å²) in [6.45, 7) is 2.71. The van der Waals surface area contributed by atoms with Gasteiger partial charge in [-0.3, -0.25) is 9.48 Å². The minimum Gasteiger partial charge on any atom is -0.497 e. The fourth-order valence-corrected chi connectivity index (χ4v) is 4.31. The van der Waals surface area contributed by atoms with Crippen molar-refractivity contribution < 1.29 is 9.53 Å². The van der Waals surface area contributed by atoms with Crippen LogP contribution >= 0.6 is 0 Å². The number of aromatic nitrogens is 5. The van der Waals surface area contributed by atoms with Crippen LogP contribution in [0.5, 0.6) is 5.75 Å². The van der Waals surface area contributed by atoms with Gasteiger partial charge in [0, 0.05) is 37.1 Å². The molecule has 8 nitrogen and oxygen atoms in total. The van der Waals surface area contributed by atoms with Gasteiger partial charge in [-0.1, -0.05) is 12.1 Å². The molecule has 1 aliphatic heterocycles. The van der Waals surface area contributed by atoms with E-state index in [0.29, 0.717) is 17.9 Å². The summed E-state index contributed by atoms with van der Waals surface area (Å²) in [5.74, 6) is 0.717. The quantitative estimate of drug-likeness (QED) is 0.509. The van der Waals surface area contributed by atoms with Gasteiger partial charge in [-0.15, -0.1) is 0 Å². The van der Waals surface area contributed by atoms with Crippen molar-refractivity contribution in [2.45, 2.75) is 25.8 Å². The SMILES string of the molecule is COc1cccc(C2CCCN2C(=O)c2cc3nccc(-c4cnn(C)c4C)n3n2)c1. The number of fused-ring (bicyclic) bond motifs is 1. The van der Waals surface area contributed by atoms with Gasteiger partial charge >= 0.3 is 0 Å². The zero-order valence-corrected chi connectivity index (χ0v) is 17.8. The summed E-state index contributed by atoms with van der Waals surface area (Å²) in [4.78, 5) is 19.8. The number of ether oxygens (including phenoxy) is 1. The molecule has 1 amide bonds. The minimum absolute atomic E-state index is 0.0143. The third-order valence-electron chi connectivity index (χ3n) is 6.08. The molecule has 1 fully saturated rings. The average molecular weight is 416 g/mol. The van der Waals surface area contributed by atoms with Crippen molar-refractivity contribution in [3.05, 3.63) is 65.7 Å². The number of carbonyl (C=O) groups excluding carboxylic acids is 1. The first kappa shape index (κ1) is 19.3. The van der Waals surface area contributed by atoms with Gasteiger partial charge < -0.3 is 9.64 Å². The van der Waals surface area contributed by atoms with Crippen LogP contribution in [0.1, 0.15) is 40.6 Å². The lowest BCUT2D eigenvalue weighted by Gasteiger charge is -2.24. The van der Waals surface area contributed by atoms with Crippen molar-refractivity contribution in [2.75, 3.05) is 13.7 Å². The first-order chi connectivity index (χ1) is 15.1. The van der Waals surface area contributed by atoms with Crippen molar-refractivity contribution in [1.29, 1.82) is 0 Å². The molecule has 8 heteroatoms. The molecule has 0 bridgehead atoms. The lowest BCUT2D eigenvalue weighted by atomic mass is 10.0. The molecule has 1 aromatic carbocycles. The molecule has 31 heavy (non-hydrogen) atoms. The van der Waals surface area contributed by atoms with E-state index in [-0.39, 0.29) is 11.9 Å². The lowest BCUT2D eigenvalue weighted by molar-refractivity contribution is 0.0729. The summed E-state index contributed by atoms with van der Waals surface area (Å²) >= 11 is 0. The van der Waals surface area contributed by atoms with E-state index in [4.69, 9.17) is 4.74 Å². The molecule has 1 unspecified atom stereocenters. The predicted octanol–water partition coefficient (Wildman–Crippen LogP) is 3.42. The largest absolute Gasteiger partial charge is 0.497 e. The number of amides is 1. The van der Waals surface area contributed by atoms with Gasteiger partial charge in [0.25, 0.3) is 5.91 Å². The van der Waals surface area contributed by atoms with Crippen molar-refractivity contribution in [3.8, 4) is 17.0 Å². The second-order valence-electron chi connectivity index (χ2n) is 7.83. The van der Waals surface area contributed by atoms with Crippen LogP contribution in [0.25, 0.3) is 16.9 Å². The van der Waals surface area contributed by atoms with Crippen LogP contribution in [-0.2, 0) is 7.05 Å². The van der Waals surface area contributed by atoms with Crippen LogP contribution in [0.15, 0.2) is 48.8 Å². The van der Waals surface area contributed by atoms with Crippen LogP contribution in [-0.4, -0.2) is 48.8 Å². The van der Waals surface area contributed by atoms with Crippen LogP contribution in [0.3, 0.4) is 0 Å². The Morgan fingerprint density at radius 1 is 1.23 bits per heavy atom. The highest BCUT2D eigenvalue weighted by Gasteiger charge is 2.32. The van der Waals surface area contributed by atoms with E-state index in [1.54, 1.807) is 23.9 Å². The Balaban J connectivity index is 1.51. The molecule has 5 rings (SSSR count). The number of rotatable bonds is 4. The highest BCUT2D eigenvalue weighted by Crippen LogP contribution is 2.34. The number of methoxy groups -OCH3 is 1. The zero-order valence-electron chi connectivity index (χ0n) is 17.8. The fraction of sp³-hybridized carbons (Fsp3) is 0.304. The number of likely N-dealkylation sites (tertiary alicyclic amines) is 1. The lowest BCUT2D eigenvalue weighted by Crippen LogP contribution is -2.30. The molecule has 158 valence electrons. The van der Waals surface area contributed by atoms with E-state index >= 15 is 0 Å². The van der Waals surface area contributed by atoms with Gasteiger partial charge in [-0.05, 0) is 43.5 Å². The molecule has 3 aromatic heterocycles. The Hall–Kier alpha value is -3.68. The normalized spacial score (nSPS) is 16.2. The minimum atomic E-state index is -0.0790. The van der Waals surface area contributed by atoms with E-state index in [1.807, 2.05) is 60.1 Å². The predicted molar refractivity (Wildman–Crippen MR) is 116 cm³/mol. The smallest absolute Gasteiger partial charge is 0.274 e. The molecule has 4 aromatic rings. The van der Waals surface area contributed by atoms with Gasteiger partial charge in [-0.25, -0.2) is 9.50 Å². The standard InChI is InChI=1S/C23H24N6O2/c1-15-18(14-25-27(15)2)21-9-10-24-22-13-19(26-29(21)22)23(30)28-11-5-8-20(28)16-6-4-7-17(12-16)31-3/h4,6-7,9-10,12-14,20H,5,8,11H2,1-3H3. The van der Waals surface area contributed by atoms with Gasteiger partial charge in [0.1, 0.15) is 5.75 Å². The number of hydrogen-bond donors (Lipinski definition) is 0. The average Bonchev–Trinajstić information content (AvgIpc) is 3.52. The molecule has 0 radical (unpaired) electrons. The number of nitrogens with zero attached hydrogens (tertiary/aromatic N) is 6. The van der Waals surface area contributed by atoms with Crippen molar-refractivity contribution in [3.63, 3.8) is 0 Å². The summed E-state index contributed by atoms with van der Waals surface area (Å²) in [6, 6.07) is 11.6. The maximum Gasteiger partial charge on any atom is 0.274 e. The number of hydrogen-bond acceptors (Lipinski definition) is 5. The summed E-state index contributed by atoms with van der Waals surface area (Å²) < 4.78 is 8.92. The molecule has 1 aliphatic rings. The monoisotopic (exact) mass is 416 g/mol. The summed E-state index contributed by atoms with van der Waals surface area (Å²) in [5, 5.41) is 8.98. The van der Waals surface area contributed by atoms with Crippen molar-refractivity contribution in [1.82, 2.24) is 29.3 Å². The van der Waals surface area contributed by atoms with Gasteiger partial charge in [-0.2, -0.15) is 10.2 Å². The molecule has 1 saturated heterocycles. The second-order valence-corrected chi connectivity index (χ2v) is 7.83. The van der Waals surface area contributed by atoms with Crippen LogP contribution in [0, 0.1) is 6.92 Å². The van der Waals surface area contributed by atoms with Gasteiger partial charge in [0.2, 0.25) is 0 Å². The van der Waals surface area contributed by atoms with Gasteiger partial charge in [0.05, 0.1) is 25.0 Å². The third-order valence-corrected chi connectivity index (χ3v) is 6.08. The van der Waals surface area contributed by atoms with E-state index in [0.717, 1.165) is 41.1 Å².